The average molecular weight is 291 g/mol. The van der Waals surface area contributed by atoms with Gasteiger partial charge >= 0.3 is 0 Å². The molecule has 0 aliphatic rings. The third-order valence-electron chi connectivity index (χ3n) is 3.29. The molecule has 4 nitrogen and oxygen atoms in total. The van der Waals surface area contributed by atoms with Crippen molar-refractivity contribution in [3.05, 3.63) is 41.5 Å². The van der Waals surface area contributed by atoms with Gasteiger partial charge in [-0.25, -0.2) is 0 Å². The first-order chi connectivity index (χ1) is 10.1. The van der Waals surface area contributed by atoms with Gasteiger partial charge in [0.2, 0.25) is 5.91 Å². The molecule has 1 rings (SSSR count). The highest BCUT2D eigenvalue weighted by molar-refractivity contribution is 5.88. The summed E-state index contributed by atoms with van der Waals surface area (Å²) < 4.78 is 5.31. The van der Waals surface area contributed by atoms with Gasteiger partial charge in [-0.05, 0) is 37.3 Å². The van der Waals surface area contributed by atoms with Crippen LogP contribution in [0.4, 0.5) is 0 Å². The summed E-state index contributed by atoms with van der Waals surface area (Å²) >= 11 is 0. The van der Waals surface area contributed by atoms with Gasteiger partial charge in [-0.2, -0.15) is 0 Å². The number of amides is 1. The number of hydrogen-bond acceptors (Lipinski definition) is 3. The third kappa shape index (κ3) is 6.45. The van der Waals surface area contributed by atoms with E-state index >= 15 is 0 Å². The first-order valence-corrected chi connectivity index (χ1v) is 7.24. The number of allylic oxidation sites excluding steroid dienone is 1. The Hall–Kier alpha value is -1.81. The van der Waals surface area contributed by atoms with Crippen LogP contribution >= 0.6 is 0 Å². The largest absolute Gasteiger partial charge is 0.496 e. The Morgan fingerprint density at radius 3 is 2.81 bits per heavy atom. The van der Waals surface area contributed by atoms with E-state index < -0.39 is 0 Å². The second-order valence-corrected chi connectivity index (χ2v) is 5.34. The van der Waals surface area contributed by atoms with E-state index in [4.69, 9.17) is 9.84 Å². The highest BCUT2D eigenvalue weighted by Gasteiger charge is 2.06. The second-order valence-electron chi connectivity index (χ2n) is 5.34. The van der Waals surface area contributed by atoms with E-state index in [2.05, 4.69) is 5.32 Å². The number of carbonyl (C=O) groups excluding carboxylic acids is 1. The number of methoxy groups -OCH3 is 1. The predicted molar refractivity (Wildman–Crippen MR) is 84.3 cm³/mol. The molecule has 0 bridgehead atoms. The Labute approximate surface area is 126 Å². The van der Waals surface area contributed by atoms with Gasteiger partial charge in [0, 0.05) is 19.2 Å². The molecule has 1 atom stereocenters. The van der Waals surface area contributed by atoms with Crippen molar-refractivity contribution in [3.8, 4) is 5.75 Å². The molecular formula is C17H25NO3. The summed E-state index contributed by atoms with van der Waals surface area (Å²) in [7, 11) is 1.65. The van der Waals surface area contributed by atoms with Crippen LogP contribution in [0.1, 0.15) is 25.8 Å². The molecule has 0 spiro atoms. The maximum absolute atomic E-state index is 11.8. The van der Waals surface area contributed by atoms with Gasteiger partial charge in [0.15, 0.2) is 0 Å². The fourth-order valence-electron chi connectivity index (χ4n) is 2.07. The highest BCUT2D eigenvalue weighted by Crippen LogP contribution is 2.20. The topological polar surface area (TPSA) is 58.6 Å². The molecule has 0 aromatic heterocycles. The van der Waals surface area contributed by atoms with Crippen LogP contribution in [0.5, 0.6) is 5.75 Å². The standard InChI is InChI=1S/C17H25NO3/c1-13(8-9-19)12-18-17(20)11-14(2)10-15-6-4-5-7-16(15)21-3/h4-7,11,13,19H,8-10,12H2,1-3H3,(H,18,20)/b14-11+. The Bertz CT molecular complexity index is 483. The Morgan fingerprint density at radius 2 is 2.14 bits per heavy atom. The van der Waals surface area contributed by atoms with Crippen LogP contribution in [0, 0.1) is 5.92 Å². The van der Waals surface area contributed by atoms with Crippen LogP contribution in [-0.2, 0) is 11.2 Å². The van der Waals surface area contributed by atoms with Gasteiger partial charge < -0.3 is 15.2 Å². The minimum atomic E-state index is -0.0906. The van der Waals surface area contributed by atoms with E-state index in [1.807, 2.05) is 38.1 Å². The molecule has 0 saturated heterocycles. The van der Waals surface area contributed by atoms with E-state index in [0.717, 1.165) is 16.9 Å². The van der Waals surface area contributed by atoms with E-state index in [1.165, 1.54) is 0 Å². The maximum Gasteiger partial charge on any atom is 0.243 e. The Kier molecular flexibility index (Phi) is 7.54. The predicted octanol–water partition coefficient (Wildman–Crippen LogP) is 2.32. The number of hydrogen-bond donors (Lipinski definition) is 2. The SMILES string of the molecule is COc1ccccc1C/C(C)=C/C(=O)NCC(C)CCO. The van der Waals surface area contributed by atoms with E-state index in [1.54, 1.807) is 13.2 Å². The van der Waals surface area contributed by atoms with Crippen LogP contribution in [-0.4, -0.2) is 31.3 Å². The van der Waals surface area contributed by atoms with Crippen LogP contribution in [0.15, 0.2) is 35.9 Å². The van der Waals surface area contributed by atoms with Crippen LogP contribution in [0.25, 0.3) is 0 Å². The first-order valence-electron chi connectivity index (χ1n) is 7.24. The summed E-state index contributed by atoms with van der Waals surface area (Å²) in [6.45, 7) is 4.67. The van der Waals surface area contributed by atoms with Crippen molar-refractivity contribution in [1.82, 2.24) is 5.32 Å². The van der Waals surface area contributed by atoms with Crippen LogP contribution < -0.4 is 10.1 Å². The monoisotopic (exact) mass is 291 g/mol. The van der Waals surface area contributed by atoms with Gasteiger partial charge in [0.1, 0.15) is 5.75 Å². The van der Waals surface area contributed by atoms with Gasteiger partial charge in [-0.3, -0.25) is 4.79 Å². The molecule has 116 valence electrons. The lowest BCUT2D eigenvalue weighted by atomic mass is 10.0. The number of ether oxygens (including phenoxy) is 1. The molecule has 2 N–H and O–H groups in total. The quantitative estimate of drug-likeness (QED) is 0.723. The van der Waals surface area contributed by atoms with Crippen LogP contribution in [0.2, 0.25) is 0 Å². The number of carbonyl (C=O) groups is 1. The molecular weight excluding hydrogens is 266 g/mol. The molecule has 0 radical (unpaired) electrons. The van der Waals surface area contributed by atoms with Gasteiger partial charge in [-0.15, -0.1) is 0 Å². The molecule has 1 amide bonds. The van der Waals surface area contributed by atoms with E-state index in [9.17, 15) is 4.79 Å². The van der Waals surface area contributed by atoms with Gasteiger partial charge in [-0.1, -0.05) is 30.7 Å². The van der Waals surface area contributed by atoms with Crippen molar-refractivity contribution >= 4 is 5.91 Å². The third-order valence-corrected chi connectivity index (χ3v) is 3.29. The first kappa shape index (κ1) is 17.2. The van der Waals surface area contributed by atoms with Crippen molar-refractivity contribution in [1.29, 1.82) is 0 Å². The molecule has 0 aliphatic heterocycles. The molecule has 1 aromatic carbocycles. The molecule has 1 aromatic rings. The molecule has 0 aliphatic carbocycles. The zero-order valence-corrected chi connectivity index (χ0v) is 13.1. The summed E-state index contributed by atoms with van der Waals surface area (Å²) in [5.74, 6) is 1.02. The normalized spacial score (nSPS) is 12.9. The Morgan fingerprint density at radius 1 is 1.43 bits per heavy atom. The zero-order valence-electron chi connectivity index (χ0n) is 13.1. The number of para-hydroxylation sites is 1. The van der Waals surface area contributed by atoms with Crippen molar-refractivity contribution in [2.24, 2.45) is 5.92 Å². The fraction of sp³-hybridized carbons (Fsp3) is 0.471. The lowest BCUT2D eigenvalue weighted by molar-refractivity contribution is -0.116. The van der Waals surface area contributed by atoms with Crippen molar-refractivity contribution < 1.29 is 14.6 Å². The number of benzene rings is 1. The summed E-state index contributed by atoms with van der Waals surface area (Å²) in [5, 5.41) is 11.7. The minimum absolute atomic E-state index is 0.0906. The molecule has 0 fully saturated rings. The zero-order chi connectivity index (χ0) is 15.7. The summed E-state index contributed by atoms with van der Waals surface area (Å²) in [6, 6.07) is 7.80. The average Bonchev–Trinajstić information content (AvgIpc) is 2.46. The van der Waals surface area contributed by atoms with E-state index in [-0.39, 0.29) is 18.4 Å². The molecule has 4 heteroatoms. The Balaban J connectivity index is 2.54. The smallest absolute Gasteiger partial charge is 0.243 e. The number of aliphatic hydroxyl groups is 1. The van der Waals surface area contributed by atoms with Crippen LogP contribution in [0.3, 0.4) is 0 Å². The molecule has 0 heterocycles. The fourth-order valence-corrected chi connectivity index (χ4v) is 2.07. The molecule has 1 unspecified atom stereocenters. The van der Waals surface area contributed by atoms with Gasteiger partial charge in [0.05, 0.1) is 7.11 Å². The lowest BCUT2D eigenvalue weighted by Crippen LogP contribution is -2.27. The van der Waals surface area contributed by atoms with Crippen molar-refractivity contribution in [2.75, 3.05) is 20.3 Å². The summed E-state index contributed by atoms with van der Waals surface area (Å²) in [6.07, 6.45) is 3.01. The number of nitrogens with one attached hydrogen (secondary N) is 1. The number of rotatable bonds is 8. The minimum Gasteiger partial charge on any atom is -0.496 e. The molecule has 0 saturated carbocycles. The maximum atomic E-state index is 11.8. The lowest BCUT2D eigenvalue weighted by Gasteiger charge is -2.11. The van der Waals surface area contributed by atoms with Crippen molar-refractivity contribution in [2.45, 2.75) is 26.7 Å². The van der Waals surface area contributed by atoms with Crippen molar-refractivity contribution in [3.63, 3.8) is 0 Å². The summed E-state index contributed by atoms with van der Waals surface area (Å²) in [5.41, 5.74) is 2.04. The van der Waals surface area contributed by atoms with E-state index in [0.29, 0.717) is 19.4 Å². The number of aliphatic hydroxyl groups excluding tert-OH is 1. The molecule has 21 heavy (non-hydrogen) atoms. The van der Waals surface area contributed by atoms with Gasteiger partial charge in [0.25, 0.3) is 0 Å². The second kappa shape index (κ2) is 9.19. The summed E-state index contributed by atoms with van der Waals surface area (Å²) in [4.78, 5) is 11.8. The highest BCUT2D eigenvalue weighted by atomic mass is 16.5.